The fraction of sp³-hybridized carbons (Fsp3) is 0.250. The molecule has 0 aliphatic heterocycles. The van der Waals surface area contributed by atoms with E-state index in [4.69, 9.17) is 0 Å². The van der Waals surface area contributed by atoms with E-state index in [-0.39, 0.29) is 11.5 Å². The summed E-state index contributed by atoms with van der Waals surface area (Å²) in [5.74, 6) is 0.116. The van der Waals surface area contributed by atoms with Crippen molar-refractivity contribution in [3.05, 3.63) is 60.3 Å². The smallest absolute Gasteiger partial charge is 0.162 e. The number of pyridine rings is 1. The van der Waals surface area contributed by atoms with E-state index >= 15 is 0 Å². The molecule has 0 amide bonds. The Kier molecular flexibility index (Phi) is 4.18. The van der Waals surface area contributed by atoms with Crippen LogP contribution in [0.25, 0.3) is 11.5 Å². The van der Waals surface area contributed by atoms with Gasteiger partial charge in [-0.15, -0.1) is 0 Å². The number of aromatic nitrogens is 5. The number of aryl methyl sites for hydroxylation is 1. The van der Waals surface area contributed by atoms with Crippen molar-refractivity contribution in [1.82, 2.24) is 24.5 Å². The van der Waals surface area contributed by atoms with Gasteiger partial charge in [-0.3, -0.25) is 0 Å². The maximum Gasteiger partial charge on any atom is 0.162 e. The van der Waals surface area contributed by atoms with Crippen LogP contribution in [0, 0.1) is 5.82 Å². The highest BCUT2D eigenvalue weighted by Gasteiger charge is 2.14. The van der Waals surface area contributed by atoms with Crippen LogP contribution in [0.1, 0.15) is 24.6 Å². The zero-order valence-corrected chi connectivity index (χ0v) is 12.3. The first-order valence-corrected chi connectivity index (χ1v) is 7.19. The fourth-order valence-electron chi connectivity index (χ4n) is 2.37. The summed E-state index contributed by atoms with van der Waals surface area (Å²) in [5.41, 5.74) is 2.28. The zero-order valence-electron chi connectivity index (χ0n) is 12.3. The summed E-state index contributed by atoms with van der Waals surface area (Å²) in [5, 5.41) is 0. The van der Waals surface area contributed by atoms with Gasteiger partial charge >= 0.3 is 0 Å². The first kappa shape index (κ1) is 14.3. The fourth-order valence-corrected chi connectivity index (χ4v) is 2.37. The first-order valence-electron chi connectivity index (χ1n) is 7.19. The molecule has 22 heavy (non-hydrogen) atoms. The normalized spacial score (nSPS) is 10.8. The summed E-state index contributed by atoms with van der Waals surface area (Å²) >= 11 is 0. The van der Waals surface area contributed by atoms with E-state index in [1.54, 1.807) is 24.7 Å². The van der Waals surface area contributed by atoms with Crippen molar-refractivity contribution < 1.29 is 4.39 Å². The second-order valence-electron chi connectivity index (χ2n) is 4.96. The molecule has 5 nitrogen and oxygen atoms in total. The minimum absolute atomic E-state index is 0.249. The lowest BCUT2D eigenvalue weighted by Crippen LogP contribution is -2.08. The highest BCUT2D eigenvalue weighted by atomic mass is 19.1. The lowest BCUT2D eigenvalue weighted by Gasteiger charge is -2.10. The van der Waals surface area contributed by atoms with Crippen LogP contribution in [0.3, 0.4) is 0 Å². The molecule has 0 aliphatic carbocycles. The van der Waals surface area contributed by atoms with E-state index in [9.17, 15) is 4.39 Å². The van der Waals surface area contributed by atoms with Crippen LogP contribution in [0.4, 0.5) is 4.39 Å². The Hall–Kier alpha value is -2.63. The maximum absolute atomic E-state index is 13.9. The molecule has 3 aromatic rings. The van der Waals surface area contributed by atoms with Gasteiger partial charge in [-0.2, -0.15) is 0 Å². The second-order valence-corrected chi connectivity index (χ2v) is 4.96. The zero-order chi connectivity index (χ0) is 15.4. The highest BCUT2D eigenvalue weighted by Crippen LogP contribution is 2.19. The minimum Gasteiger partial charge on any atom is -0.324 e. The Balaban J connectivity index is 1.96. The topological polar surface area (TPSA) is 56.5 Å². The van der Waals surface area contributed by atoms with Crippen LogP contribution in [0.2, 0.25) is 0 Å². The van der Waals surface area contributed by atoms with E-state index in [0.717, 1.165) is 24.1 Å². The average molecular weight is 297 g/mol. The van der Waals surface area contributed by atoms with E-state index in [1.165, 1.54) is 12.4 Å². The molecule has 0 N–H and O–H groups in total. The summed E-state index contributed by atoms with van der Waals surface area (Å²) in [6, 6.07) is 2.95. The quantitative estimate of drug-likeness (QED) is 0.726. The molecule has 0 saturated carbocycles. The molecule has 6 heteroatoms. The number of imidazole rings is 1. The number of hydrogen-bond acceptors (Lipinski definition) is 4. The molecular formula is C16H16FN5. The van der Waals surface area contributed by atoms with Crippen molar-refractivity contribution in [2.45, 2.75) is 26.3 Å². The maximum atomic E-state index is 13.9. The Morgan fingerprint density at radius 1 is 1.18 bits per heavy atom. The van der Waals surface area contributed by atoms with Gasteiger partial charge in [-0.05, 0) is 24.1 Å². The highest BCUT2D eigenvalue weighted by molar-refractivity contribution is 5.50. The Morgan fingerprint density at radius 3 is 2.91 bits per heavy atom. The molecule has 0 atom stereocenters. The predicted molar refractivity (Wildman–Crippen MR) is 80.5 cm³/mol. The molecule has 0 unspecified atom stereocenters. The summed E-state index contributed by atoms with van der Waals surface area (Å²) < 4.78 is 15.8. The lowest BCUT2D eigenvalue weighted by atomic mass is 10.1. The Labute approximate surface area is 127 Å². The monoisotopic (exact) mass is 297 g/mol. The summed E-state index contributed by atoms with van der Waals surface area (Å²) in [4.78, 5) is 16.8. The van der Waals surface area contributed by atoms with E-state index in [2.05, 4.69) is 26.9 Å². The summed E-state index contributed by atoms with van der Waals surface area (Å²) in [6.07, 6.45) is 10.3. The SMILES string of the molecule is CCCc1cncnc1Cn1ccnc1-c1ncccc1F. The summed E-state index contributed by atoms with van der Waals surface area (Å²) in [7, 11) is 0. The molecule has 0 bridgehead atoms. The number of rotatable bonds is 5. The lowest BCUT2D eigenvalue weighted by molar-refractivity contribution is 0.621. The van der Waals surface area contributed by atoms with Crippen LogP contribution >= 0.6 is 0 Å². The molecule has 0 saturated heterocycles. The molecule has 0 spiro atoms. The number of hydrogen-bond donors (Lipinski definition) is 0. The molecule has 3 aromatic heterocycles. The molecule has 0 fully saturated rings. The van der Waals surface area contributed by atoms with Crippen molar-refractivity contribution >= 4 is 0 Å². The van der Waals surface area contributed by atoms with Crippen molar-refractivity contribution in [3.63, 3.8) is 0 Å². The van der Waals surface area contributed by atoms with Gasteiger partial charge < -0.3 is 4.57 Å². The van der Waals surface area contributed by atoms with Gasteiger partial charge in [0.15, 0.2) is 11.6 Å². The van der Waals surface area contributed by atoms with Crippen molar-refractivity contribution in [1.29, 1.82) is 0 Å². The van der Waals surface area contributed by atoms with E-state index in [1.807, 2.05) is 10.8 Å². The van der Waals surface area contributed by atoms with Gasteiger partial charge in [0.2, 0.25) is 0 Å². The van der Waals surface area contributed by atoms with Gasteiger partial charge in [-0.1, -0.05) is 13.3 Å². The molecule has 0 aliphatic rings. The van der Waals surface area contributed by atoms with Crippen molar-refractivity contribution in [2.24, 2.45) is 0 Å². The van der Waals surface area contributed by atoms with Crippen LogP contribution in [0.5, 0.6) is 0 Å². The van der Waals surface area contributed by atoms with Gasteiger partial charge in [-0.25, -0.2) is 24.3 Å². The molecule has 3 rings (SSSR count). The van der Waals surface area contributed by atoms with Gasteiger partial charge in [0.1, 0.15) is 12.0 Å². The largest absolute Gasteiger partial charge is 0.324 e. The third-order valence-corrected chi connectivity index (χ3v) is 3.41. The minimum atomic E-state index is -0.383. The number of nitrogens with zero attached hydrogens (tertiary/aromatic N) is 5. The molecule has 3 heterocycles. The molecular weight excluding hydrogens is 281 g/mol. The standard InChI is InChI=1S/C16H16FN5/c1-2-4-12-9-18-11-21-14(12)10-22-8-7-20-16(22)15-13(17)5-3-6-19-15/h3,5-9,11H,2,4,10H2,1H3. The second kappa shape index (κ2) is 6.43. The Bertz CT molecular complexity index is 768. The van der Waals surface area contributed by atoms with Gasteiger partial charge in [0.05, 0.1) is 12.2 Å². The van der Waals surface area contributed by atoms with Crippen LogP contribution in [-0.4, -0.2) is 24.5 Å². The van der Waals surface area contributed by atoms with Crippen LogP contribution in [0.15, 0.2) is 43.2 Å². The third-order valence-electron chi connectivity index (χ3n) is 3.41. The first-order chi connectivity index (χ1) is 10.8. The van der Waals surface area contributed by atoms with Crippen molar-refractivity contribution in [2.75, 3.05) is 0 Å². The summed E-state index contributed by atoms with van der Waals surface area (Å²) in [6.45, 7) is 2.63. The average Bonchev–Trinajstić information content (AvgIpc) is 2.98. The van der Waals surface area contributed by atoms with Crippen LogP contribution in [-0.2, 0) is 13.0 Å². The molecule has 0 radical (unpaired) electrons. The number of halogens is 1. The van der Waals surface area contributed by atoms with E-state index in [0.29, 0.717) is 12.4 Å². The third kappa shape index (κ3) is 2.86. The molecule has 0 aromatic carbocycles. The molecule has 112 valence electrons. The van der Waals surface area contributed by atoms with Gasteiger partial charge in [0.25, 0.3) is 0 Å². The predicted octanol–water partition coefficient (Wildman–Crippen LogP) is 2.88. The van der Waals surface area contributed by atoms with Gasteiger partial charge in [0, 0.05) is 24.8 Å². The van der Waals surface area contributed by atoms with E-state index < -0.39 is 0 Å². The van der Waals surface area contributed by atoms with Crippen molar-refractivity contribution in [3.8, 4) is 11.5 Å². The van der Waals surface area contributed by atoms with Crippen LogP contribution < -0.4 is 0 Å². The Morgan fingerprint density at radius 2 is 2.09 bits per heavy atom.